The van der Waals surface area contributed by atoms with Crippen molar-refractivity contribution < 1.29 is 14.7 Å². The number of rotatable bonds is 4. The van der Waals surface area contributed by atoms with E-state index in [1.807, 2.05) is 42.5 Å². The summed E-state index contributed by atoms with van der Waals surface area (Å²) in [5.41, 5.74) is 8.03. The second-order valence-corrected chi connectivity index (χ2v) is 5.32. The van der Waals surface area contributed by atoms with Crippen LogP contribution in [0.1, 0.15) is 26.3 Å². The van der Waals surface area contributed by atoms with Crippen molar-refractivity contribution in [2.24, 2.45) is 0 Å². The summed E-state index contributed by atoms with van der Waals surface area (Å²) >= 11 is 0. The van der Waals surface area contributed by atoms with Crippen LogP contribution in [0.3, 0.4) is 0 Å². The lowest BCUT2D eigenvalue weighted by Gasteiger charge is -2.12. The van der Waals surface area contributed by atoms with Gasteiger partial charge in [-0.3, -0.25) is 4.79 Å². The van der Waals surface area contributed by atoms with Gasteiger partial charge in [0.2, 0.25) is 0 Å². The zero-order valence-corrected chi connectivity index (χ0v) is 12.8. The Bertz CT molecular complexity index is 917. The van der Waals surface area contributed by atoms with Crippen LogP contribution in [-0.4, -0.2) is 16.9 Å². The van der Waals surface area contributed by atoms with Gasteiger partial charge < -0.3 is 10.8 Å². The number of anilines is 1. The molecule has 4 nitrogen and oxygen atoms in total. The predicted molar refractivity (Wildman–Crippen MR) is 93.1 cm³/mol. The summed E-state index contributed by atoms with van der Waals surface area (Å²) < 4.78 is 0. The second kappa shape index (κ2) is 6.38. The Balaban J connectivity index is 2.19. The molecule has 0 spiro atoms. The number of carboxylic acids is 1. The number of nitrogen functional groups attached to an aromatic ring is 1. The van der Waals surface area contributed by atoms with Gasteiger partial charge in [0, 0.05) is 11.3 Å². The third-order valence-corrected chi connectivity index (χ3v) is 3.81. The minimum absolute atomic E-state index is 0.0216. The van der Waals surface area contributed by atoms with Crippen LogP contribution in [0.15, 0.2) is 72.8 Å². The number of carbonyl (C=O) groups is 2. The average molecular weight is 317 g/mol. The van der Waals surface area contributed by atoms with Gasteiger partial charge in [-0.25, -0.2) is 4.79 Å². The second-order valence-electron chi connectivity index (χ2n) is 5.32. The highest BCUT2D eigenvalue weighted by atomic mass is 16.4. The molecule has 118 valence electrons. The van der Waals surface area contributed by atoms with Gasteiger partial charge in [0.05, 0.1) is 11.1 Å². The third-order valence-electron chi connectivity index (χ3n) is 3.81. The zero-order valence-electron chi connectivity index (χ0n) is 12.8. The van der Waals surface area contributed by atoms with Crippen molar-refractivity contribution in [1.29, 1.82) is 0 Å². The van der Waals surface area contributed by atoms with Crippen molar-refractivity contribution >= 4 is 17.4 Å². The molecule has 24 heavy (non-hydrogen) atoms. The Morgan fingerprint density at radius 1 is 0.750 bits per heavy atom. The van der Waals surface area contributed by atoms with Gasteiger partial charge in [0.1, 0.15) is 0 Å². The Morgan fingerprint density at radius 3 is 2.08 bits per heavy atom. The van der Waals surface area contributed by atoms with E-state index >= 15 is 0 Å². The monoisotopic (exact) mass is 317 g/mol. The largest absolute Gasteiger partial charge is 0.478 e. The topological polar surface area (TPSA) is 80.4 Å². The predicted octanol–water partition coefficient (Wildman–Crippen LogP) is 3.87. The molecule has 3 rings (SSSR count). The first-order chi connectivity index (χ1) is 11.6. The molecule has 3 aromatic rings. The molecule has 0 radical (unpaired) electrons. The van der Waals surface area contributed by atoms with Crippen LogP contribution in [0, 0.1) is 0 Å². The molecule has 0 saturated heterocycles. The van der Waals surface area contributed by atoms with E-state index in [1.165, 1.54) is 18.2 Å². The quantitative estimate of drug-likeness (QED) is 0.565. The summed E-state index contributed by atoms with van der Waals surface area (Å²) in [5, 5.41) is 9.36. The number of carbonyl (C=O) groups excluding carboxylic acids is 1. The van der Waals surface area contributed by atoms with Gasteiger partial charge in [-0.05, 0) is 23.3 Å². The van der Waals surface area contributed by atoms with E-state index in [0.29, 0.717) is 5.56 Å². The summed E-state index contributed by atoms with van der Waals surface area (Å²) in [4.78, 5) is 24.5. The molecule has 0 aliphatic heterocycles. The lowest BCUT2D eigenvalue weighted by molar-refractivity contribution is 0.0693. The Morgan fingerprint density at radius 2 is 1.38 bits per heavy atom. The van der Waals surface area contributed by atoms with Crippen LogP contribution in [-0.2, 0) is 0 Å². The van der Waals surface area contributed by atoms with E-state index in [-0.39, 0.29) is 16.8 Å². The summed E-state index contributed by atoms with van der Waals surface area (Å²) in [6, 6.07) is 21.0. The van der Waals surface area contributed by atoms with Crippen LogP contribution >= 0.6 is 0 Å². The highest BCUT2D eigenvalue weighted by Crippen LogP contribution is 2.28. The van der Waals surface area contributed by atoms with E-state index in [2.05, 4.69) is 0 Å². The van der Waals surface area contributed by atoms with Gasteiger partial charge in [-0.2, -0.15) is 0 Å². The fraction of sp³-hybridized carbons (Fsp3) is 0. The van der Waals surface area contributed by atoms with E-state index in [4.69, 9.17) is 5.73 Å². The molecule has 3 N–H and O–H groups in total. The van der Waals surface area contributed by atoms with Gasteiger partial charge in [-0.1, -0.05) is 60.7 Å². The van der Waals surface area contributed by atoms with Gasteiger partial charge >= 0.3 is 5.97 Å². The van der Waals surface area contributed by atoms with Gasteiger partial charge in [-0.15, -0.1) is 0 Å². The molecule has 0 aromatic heterocycles. The average Bonchev–Trinajstić information content (AvgIpc) is 2.61. The van der Waals surface area contributed by atoms with E-state index < -0.39 is 11.8 Å². The number of nitrogens with two attached hydrogens (primary N) is 1. The summed E-state index contributed by atoms with van der Waals surface area (Å²) in [6.07, 6.45) is 0. The Kier molecular flexibility index (Phi) is 4.12. The molecule has 0 bridgehead atoms. The fourth-order valence-corrected chi connectivity index (χ4v) is 2.69. The number of hydrogen-bond donors (Lipinski definition) is 2. The first-order valence-corrected chi connectivity index (χ1v) is 7.40. The zero-order chi connectivity index (χ0) is 17.1. The Labute approximate surface area is 139 Å². The molecule has 0 saturated carbocycles. The van der Waals surface area contributed by atoms with E-state index in [1.54, 1.807) is 12.1 Å². The third kappa shape index (κ3) is 2.77. The molecule has 4 heteroatoms. The molecule has 0 aliphatic carbocycles. The molecule has 0 unspecified atom stereocenters. The first kappa shape index (κ1) is 15.5. The summed E-state index contributed by atoms with van der Waals surface area (Å²) in [7, 11) is 0. The molecular formula is C20H15NO3. The smallest absolute Gasteiger partial charge is 0.336 e. The number of carboxylic acid groups (broad SMARTS) is 1. The van der Waals surface area contributed by atoms with E-state index in [9.17, 15) is 14.7 Å². The standard InChI is InChI=1S/C20H15NO3/c21-17-12-6-11-16(20(23)24)18(17)19(22)15-10-5-4-9-14(15)13-7-2-1-3-8-13/h1-12H,21H2,(H,23,24). The SMILES string of the molecule is Nc1cccc(C(=O)O)c1C(=O)c1ccccc1-c1ccccc1. The van der Waals surface area contributed by atoms with Crippen molar-refractivity contribution in [3.05, 3.63) is 89.5 Å². The normalized spacial score (nSPS) is 10.3. The maximum absolute atomic E-state index is 13.0. The highest BCUT2D eigenvalue weighted by Gasteiger charge is 2.22. The fourth-order valence-electron chi connectivity index (χ4n) is 2.69. The van der Waals surface area contributed by atoms with E-state index in [0.717, 1.165) is 11.1 Å². The summed E-state index contributed by atoms with van der Waals surface area (Å²) in [5.74, 6) is -1.58. The first-order valence-electron chi connectivity index (χ1n) is 7.40. The summed E-state index contributed by atoms with van der Waals surface area (Å²) in [6.45, 7) is 0. The molecule has 0 fully saturated rings. The molecule has 0 heterocycles. The van der Waals surface area contributed by atoms with Crippen LogP contribution in [0.4, 0.5) is 5.69 Å². The van der Waals surface area contributed by atoms with Crippen molar-refractivity contribution in [3.8, 4) is 11.1 Å². The maximum atomic E-state index is 13.0. The van der Waals surface area contributed by atoms with Crippen LogP contribution < -0.4 is 5.73 Å². The lowest BCUT2D eigenvalue weighted by Crippen LogP contribution is -2.13. The molecule has 0 amide bonds. The van der Waals surface area contributed by atoms with Crippen LogP contribution in [0.2, 0.25) is 0 Å². The van der Waals surface area contributed by atoms with Crippen molar-refractivity contribution in [2.75, 3.05) is 5.73 Å². The van der Waals surface area contributed by atoms with Crippen molar-refractivity contribution in [3.63, 3.8) is 0 Å². The minimum Gasteiger partial charge on any atom is -0.478 e. The minimum atomic E-state index is -1.18. The maximum Gasteiger partial charge on any atom is 0.336 e. The molecule has 0 aliphatic rings. The lowest BCUT2D eigenvalue weighted by atomic mass is 9.91. The van der Waals surface area contributed by atoms with Crippen LogP contribution in [0.5, 0.6) is 0 Å². The number of aromatic carboxylic acids is 1. The van der Waals surface area contributed by atoms with Crippen molar-refractivity contribution in [2.45, 2.75) is 0 Å². The molecule has 0 atom stereocenters. The molecular weight excluding hydrogens is 302 g/mol. The van der Waals surface area contributed by atoms with Gasteiger partial charge in [0.15, 0.2) is 5.78 Å². The number of ketones is 1. The van der Waals surface area contributed by atoms with Gasteiger partial charge in [0.25, 0.3) is 0 Å². The Hall–Kier alpha value is -3.40. The number of benzene rings is 3. The number of hydrogen-bond acceptors (Lipinski definition) is 3. The molecule has 3 aromatic carbocycles. The highest BCUT2D eigenvalue weighted by molar-refractivity contribution is 6.19. The van der Waals surface area contributed by atoms with Crippen molar-refractivity contribution in [1.82, 2.24) is 0 Å². The van der Waals surface area contributed by atoms with Crippen LogP contribution in [0.25, 0.3) is 11.1 Å².